The standard InChI is InChI=1S/C21H21ClN4O3S3/c22-17-8-10-18(11-9-17)32(28,29)26-12-4-7-16(13-26)19(27)23-20-24-25-21(31-20)30-14-15-5-2-1-3-6-15/h1-3,5-6,8-11,16H,4,7,12-14H2,(H,23,24,27)/t16-/m0/s1. The van der Waals surface area contributed by atoms with Crippen molar-refractivity contribution in [3.8, 4) is 0 Å². The molecule has 0 bridgehead atoms. The van der Waals surface area contributed by atoms with Crippen LogP contribution in [0.5, 0.6) is 0 Å². The Morgan fingerprint density at radius 2 is 1.91 bits per heavy atom. The molecule has 2 heterocycles. The third-order valence-corrected chi connectivity index (χ3v) is 9.22. The van der Waals surface area contributed by atoms with E-state index in [1.165, 1.54) is 33.3 Å². The number of piperidine rings is 1. The van der Waals surface area contributed by atoms with Crippen molar-refractivity contribution in [3.63, 3.8) is 0 Å². The van der Waals surface area contributed by atoms with Crippen molar-refractivity contribution in [1.82, 2.24) is 14.5 Å². The average molecular weight is 509 g/mol. The lowest BCUT2D eigenvalue weighted by molar-refractivity contribution is -0.120. The van der Waals surface area contributed by atoms with Gasteiger partial charge in [-0.15, -0.1) is 10.2 Å². The molecule has 1 N–H and O–H groups in total. The van der Waals surface area contributed by atoms with E-state index in [1.807, 2.05) is 30.3 Å². The Morgan fingerprint density at radius 3 is 2.66 bits per heavy atom. The predicted octanol–water partition coefficient (Wildman–Crippen LogP) is 4.52. The van der Waals surface area contributed by atoms with Crippen LogP contribution in [0.3, 0.4) is 0 Å². The number of nitrogens with one attached hydrogen (secondary N) is 1. The highest BCUT2D eigenvalue weighted by Gasteiger charge is 2.33. The van der Waals surface area contributed by atoms with E-state index in [-0.39, 0.29) is 17.3 Å². The second kappa shape index (κ2) is 10.3. The normalized spacial score (nSPS) is 17.2. The number of amides is 1. The fourth-order valence-electron chi connectivity index (χ4n) is 3.38. The summed E-state index contributed by atoms with van der Waals surface area (Å²) in [5, 5.41) is 11.9. The number of thioether (sulfide) groups is 1. The van der Waals surface area contributed by atoms with Gasteiger partial charge in [0.2, 0.25) is 21.1 Å². The highest BCUT2D eigenvalue weighted by molar-refractivity contribution is 8.00. The molecule has 0 aliphatic carbocycles. The van der Waals surface area contributed by atoms with Gasteiger partial charge in [0.05, 0.1) is 10.8 Å². The second-order valence-electron chi connectivity index (χ2n) is 7.29. The molecule has 11 heteroatoms. The number of carbonyl (C=O) groups excluding carboxylic acids is 1. The average Bonchev–Trinajstić information content (AvgIpc) is 3.26. The summed E-state index contributed by atoms with van der Waals surface area (Å²) in [7, 11) is -3.68. The quantitative estimate of drug-likeness (QED) is 0.372. The molecule has 32 heavy (non-hydrogen) atoms. The van der Waals surface area contributed by atoms with E-state index in [4.69, 9.17) is 11.6 Å². The van der Waals surface area contributed by atoms with Crippen molar-refractivity contribution in [1.29, 1.82) is 0 Å². The van der Waals surface area contributed by atoms with Gasteiger partial charge in [0.1, 0.15) is 0 Å². The highest BCUT2D eigenvalue weighted by atomic mass is 35.5. The molecule has 1 aromatic heterocycles. The molecular weight excluding hydrogens is 488 g/mol. The van der Waals surface area contributed by atoms with Crippen LogP contribution in [0.4, 0.5) is 5.13 Å². The van der Waals surface area contributed by atoms with Crippen molar-refractivity contribution in [2.45, 2.75) is 27.8 Å². The smallest absolute Gasteiger partial charge is 0.243 e. The Morgan fingerprint density at radius 1 is 1.16 bits per heavy atom. The van der Waals surface area contributed by atoms with Crippen LogP contribution in [-0.4, -0.2) is 41.9 Å². The summed E-state index contributed by atoms with van der Waals surface area (Å²) in [6.45, 7) is 0.513. The molecule has 2 aromatic carbocycles. The molecule has 4 rings (SSSR count). The highest BCUT2D eigenvalue weighted by Crippen LogP contribution is 2.30. The summed E-state index contributed by atoms with van der Waals surface area (Å²) in [5.74, 6) is 0.0794. The van der Waals surface area contributed by atoms with Crippen LogP contribution < -0.4 is 5.32 Å². The van der Waals surface area contributed by atoms with E-state index in [2.05, 4.69) is 15.5 Å². The minimum Gasteiger partial charge on any atom is -0.300 e. The SMILES string of the molecule is O=C(Nc1nnc(SCc2ccccc2)s1)[C@H]1CCCN(S(=O)(=O)c2ccc(Cl)cc2)C1. The predicted molar refractivity (Wildman–Crippen MR) is 127 cm³/mol. The van der Waals surface area contributed by atoms with Crippen LogP contribution in [0.15, 0.2) is 63.8 Å². The molecule has 1 aliphatic heterocycles. The first-order valence-corrected chi connectivity index (χ1v) is 13.6. The molecule has 1 saturated heterocycles. The van der Waals surface area contributed by atoms with E-state index in [9.17, 15) is 13.2 Å². The number of anilines is 1. The number of halogens is 1. The van der Waals surface area contributed by atoms with Crippen molar-refractivity contribution in [2.75, 3.05) is 18.4 Å². The van der Waals surface area contributed by atoms with Gasteiger partial charge < -0.3 is 5.32 Å². The molecular formula is C21H21ClN4O3S3. The number of hydrogen-bond donors (Lipinski definition) is 1. The Hall–Kier alpha value is -1.98. The topological polar surface area (TPSA) is 92.3 Å². The largest absolute Gasteiger partial charge is 0.300 e. The van der Waals surface area contributed by atoms with E-state index < -0.39 is 15.9 Å². The van der Waals surface area contributed by atoms with Gasteiger partial charge in [-0.2, -0.15) is 4.31 Å². The minimum atomic E-state index is -3.68. The first-order chi connectivity index (χ1) is 15.4. The molecule has 0 unspecified atom stereocenters. The molecule has 1 fully saturated rings. The Kier molecular flexibility index (Phi) is 7.47. The number of benzene rings is 2. The van der Waals surface area contributed by atoms with Crippen molar-refractivity contribution in [2.24, 2.45) is 5.92 Å². The van der Waals surface area contributed by atoms with Crippen LogP contribution in [0.25, 0.3) is 0 Å². The van der Waals surface area contributed by atoms with Crippen LogP contribution >= 0.6 is 34.7 Å². The lowest BCUT2D eigenvalue weighted by Crippen LogP contribution is -2.43. The Bertz CT molecular complexity index is 1170. The maximum Gasteiger partial charge on any atom is 0.243 e. The summed E-state index contributed by atoms with van der Waals surface area (Å²) < 4.78 is 28.0. The van der Waals surface area contributed by atoms with Gasteiger partial charge in [0.25, 0.3) is 0 Å². The molecule has 1 amide bonds. The van der Waals surface area contributed by atoms with Gasteiger partial charge >= 0.3 is 0 Å². The van der Waals surface area contributed by atoms with Gasteiger partial charge in [0, 0.05) is 23.9 Å². The number of aromatic nitrogens is 2. The molecule has 0 saturated carbocycles. The Balaban J connectivity index is 1.35. The summed E-state index contributed by atoms with van der Waals surface area (Å²) in [6.07, 6.45) is 1.23. The lowest BCUT2D eigenvalue weighted by atomic mass is 9.99. The number of carbonyl (C=O) groups is 1. The fraction of sp³-hybridized carbons (Fsp3) is 0.286. The van der Waals surface area contributed by atoms with Crippen LogP contribution in [0.1, 0.15) is 18.4 Å². The number of nitrogens with zero attached hydrogens (tertiary/aromatic N) is 3. The number of rotatable bonds is 7. The second-order valence-corrected chi connectivity index (χ2v) is 11.9. The zero-order valence-corrected chi connectivity index (χ0v) is 20.2. The van der Waals surface area contributed by atoms with Crippen molar-refractivity contribution >= 4 is 55.8 Å². The molecule has 1 atom stereocenters. The fourth-order valence-corrected chi connectivity index (χ4v) is 6.74. The van der Waals surface area contributed by atoms with Crippen LogP contribution in [0, 0.1) is 5.92 Å². The zero-order chi connectivity index (χ0) is 22.6. The molecule has 7 nitrogen and oxygen atoms in total. The maximum absolute atomic E-state index is 12.9. The monoisotopic (exact) mass is 508 g/mol. The van der Waals surface area contributed by atoms with Gasteiger partial charge in [-0.25, -0.2) is 8.42 Å². The first kappa shape index (κ1) is 23.2. The molecule has 3 aromatic rings. The van der Waals surface area contributed by atoms with Crippen LogP contribution in [-0.2, 0) is 20.6 Å². The summed E-state index contributed by atoms with van der Waals surface area (Å²) >= 11 is 8.74. The van der Waals surface area contributed by atoms with Gasteiger partial charge in [-0.3, -0.25) is 4.79 Å². The lowest BCUT2D eigenvalue weighted by Gasteiger charge is -2.31. The first-order valence-electron chi connectivity index (χ1n) is 9.98. The summed E-state index contributed by atoms with van der Waals surface area (Å²) in [5.41, 5.74) is 1.18. The van der Waals surface area contributed by atoms with E-state index in [0.717, 1.165) is 10.1 Å². The van der Waals surface area contributed by atoms with E-state index in [0.29, 0.717) is 29.5 Å². The third-order valence-electron chi connectivity index (χ3n) is 5.05. The van der Waals surface area contributed by atoms with Crippen molar-refractivity contribution < 1.29 is 13.2 Å². The molecule has 0 spiro atoms. The molecule has 0 radical (unpaired) electrons. The van der Waals surface area contributed by atoms with Gasteiger partial charge in [0.15, 0.2) is 4.34 Å². The maximum atomic E-state index is 12.9. The third kappa shape index (κ3) is 5.68. The minimum absolute atomic E-state index is 0.130. The van der Waals surface area contributed by atoms with Crippen molar-refractivity contribution in [3.05, 3.63) is 65.2 Å². The van der Waals surface area contributed by atoms with E-state index in [1.54, 1.807) is 23.9 Å². The summed E-state index contributed by atoms with van der Waals surface area (Å²) in [4.78, 5) is 13.0. The molecule has 1 aliphatic rings. The number of sulfonamides is 1. The zero-order valence-electron chi connectivity index (χ0n) is 17.0. The van der Waals surface area contributed by atoms with Gasteiger partial charge in [-0.05, 0) is 42.7 Å². The molecule has 168 valence electrons. The van der Waals surface area contributed by atoms with Crippen LogP contribution in [0.2, 0.25) is 5.02 Å². The number of hydrogen-bond acceptors (Lipinski definition) is 7. The van der Waals surface area contributed by atoms with E-state index >= 15 is 0 Å². The Labute approximate surface area is 200 Å². The van der Waals surface area contributed by atoms with Gasteiger partial charge in [-0.1, -0.05) is 65.0 Å². The summed E-state index contributed by atoms with van der Waals surface area (Å²) in [6, 6.07) is 16.1.